The largest absolute Gasteiger partial charge is 0.378 e. The Hall–Kier alpha value is -2.83. The normalized spacial score (nSPS) is 20.1. The number of Topliss-reactive ketones (excluding diaryl/α,β-unsaturated/α-hetero) is 1. The average Bonchev–Trinajstić information content (AvgIpc) is 2.84. The van der Waals surface area contributed by atoms with Gasteiger partial charge < -0.3 is 9.64 Å². The van der Waals surface area contributed by atoms with Crippen LogP contribution >= 0.6 is 0 Å². The summed E-state index contributed by atoms with van der Waals surface area (Å²) in [7, 11) is 0. The van der Waals surface area contributed by atoms with E-state index in [0.29, 0.717) is 5.69 Å². The fourth-order valence-corrected chi connectivity index (χ4v) is 4.69. The van der Waals surface area contributed by atoms with Crippen LogP contribution in [0.25, 0.3) is 10.9 Å². The van der Waals surface area contributed by atoms with Gasteiger partial charge >= 0.3 is 0 Å². The molecular formula is C25H28N4O2. The van der Waals surface area contributed by atoms with Crippen molar-refractivity contribution < 1.29 is 9.53 Å². The van der Waals surface area contributed by atoms with Gasteiger partial charge in [-0.15, -0.1) is 0 Å². The third-order valence-electron chi connectivity index (χ3n) is 6.28. The Labute approximate surface area is 182 Å². The molecule has 3 aromatic rings. The lowest BCUT2D eigenvalue weighted by Crippen LogP contribution is -2.40. The maximum Gasteiger partial charge on any atom is 0.185 e. The van der Waals surface area contributed by atoms with Crippen LogP contribution in [0.3, 0.4) is 0 Å². The summed E-state index contributed by atoms with van der Waals surface area (Å²) in [6.45, 7) is 5.76. The van der Waals surface area contributed by atoms with Crippen LogP contribution in [0.1, 0.15) is 28.9 Å². The first-order chi connectivity index (χ1) is 15.3. The number of para-hydroxylation sites is 1. The van der Waals surface area contributed by atoms with Crippen molar-refractivity contribution in [3.8, 4) is 0 Å². The maximum atomic E-state index is 13.0. The number of aromatic nitrogens is 2. The van der Waals surface area contributed by atoms with E-state index in [1.54, 1.807) is 6.20 Å². The van der Waals surface area contributed by atoms with Crippen LogP contribution in [-0.2, 0) is 11.3 Å². The van der Waals surface area contributed by atoms with Crippen molar-refractivity contribution in [1.29, 1.82) is 0 Å². The third kappa shape index (κ3) is 4.45. The van der Waals surface area contributed by atoms with Gasteiger partial charge in [0.2, 0.25) is 0 Å². The summed E-state index contributed by atoms with van der Waals surface area (Å²) in [5.41, 5.74) is 2.83. The summed E-state index contributed by atoms with van der Waals surface area (Å²) >= 11 is 0. The Morgan fingerprint density at radius 2 is 1.90 bits per heavy atom. The number of ketones is 1. The smallest absolute Gasteiger partial charge is 0.185 e. The highest BCUT2D eigenvalue weighted by molar-refractivity contribution is 5.96. The number of pyridine rings is 2. The third-order valence-corrected chi connectivity index (χ3v) is 6.28. The van der Waals surface area contributed by atoms with E-state index in [0.717, 1.165) is 75.5 Å². The standard InChI is InChI=1S/C25H28N4O2/c30-24(23-9-3-4-10-26-23)20-7-5-11-28(17-20)18-21-16-19-6-1-2-8-22(19)27-25(21)29-12-14-31-15-13-29/h1-4,6,8-10,16,20H,5,7,11-15,17-18H2. The second kappa shape index (κ2) is 9.12. The van der Waals surface area contributed by atoms with E-state index in [4.69, 9.17) is 9.72 Å². The number of anilines is 1. The molecule has 2 aliphatic rings. The van der Waals surface area contributed by atoms with E-state index < -0.39 is 0 Å². The van der Waals surface area contributed by atoms with Gasteiger partial charge in [-0.3, -0.25) is 14.7 Å². The predicted molar refractivity (Wildman–Crippen MR) is 121 cm³/mol. The Bertz CT molecular complexity index is 1050. The van der Waals surface area contributed by atoms with Crippen molar-refractivity contribution in [1.82, 2.24) is 14.9 Å². The Kier molecular flexibility index (Phi) is 5.91. The van der Waals surface area contributed by atoms with Crippen molar-refractivity contribution in [3.05, 3.63) is 66.0 Å². The molecular weight excluding hydrogens is 388 g/mol. The number of ether oxygens (including phenoxy) is 1. The Balaban J connectivity index is 1.39. The molecule has 2 saturated heterocycles. The summed E-state index contributed by atoms with van der Waals surface area (Å²) in [5, 5.41) is 1.16. The number of morpholine rings is 1. The molecule has 6 nitrogen and oxygen atoms in total. The van der Waals surface area contributed by atoms with Gasteiger partial charge in [-0.05, 0) is 43.7 Å². The van der Waals surface area contributed by atoms with Crippen LogP contribution in [0, 0.1) is 5.92 Å². The second-order valence-corrected chi connectivity index (χ2v) is 8.42. The SMILES string of the molecule is O=C(c1ccccn1)C1CCCN(Cc2cc3ccccc3nc2N2CCOCC2)C1. The first-order valence-corrected chi connectivity index (χ1v) is 11.2. The molecule has 4 heterocycles. The van der Waals surface area contributed by atoms with Crippen molar-refractivity contribution in [2.75, 3.05) is 44.3 Å². The zero-order valence-electron chi connectivity index (χ0n) is 17.7. The highest BCUT2D eigenvalue weighted by atomic mass is 16.5. The molecule has 0 spiro atoms. The summed E-state index contributed by atoms with van der Waals surface area (Å²) < 4.78 is 5.56. The zero-order valence-corrected chi connectivity index (χ0v) is 17.7. The predicted octanol–water partition coefficient (Wildman–Crippen LogP) is 3.56. The van der Waals surface area contributed by atoms with Crippen molar-refractivity contribution in [2.45, 2.75) is 19.4 Å². The van der Waals surface area contributed by atoms with Crippen LogP contribution in [-0.4, -0.2) is 60.0 Å². The first-order valence-electron chi connectivity index (χ1n) is 11.2. The van der Waals surface area contributed by atoms with Crippen LogP contribution in [0.5, 0.6) is 0 Å². The van der Waals surface area contributed by atoms with Gasteiger partial charge in [0, 0.05) is 49.2 Å². The summed E-state index contributed by atoms with van der Waals surface area (Å²) in [5.74, 6) is 1.22. The van der Waals surface area contributed by atoms with Gasteiger partial charge in [0.05, 0.1) is 18.7 Å². The highest BCUT2D eigenvalue weighted by Crippen LogP contribution is 2.28. The molecule has 0 N–H and O–H groups in total. The number of carbonyl (C=O) groups is 1. The minimum atomic E-state index is 0.00361. The fraction of sp³-hybridized carbons (Fsp3) is 0.400. The minimum absolute atomic E-state index is 0.00361. The number of benzene rings is 1. The number of carbonyl (C=O) groups excluding carboxylic acids is 1. The van der Waals surface area contributed by atoms with Gasteiger partial charge in [0.25, 0.3) is 0 Å². The number of hydrogen-bond acceptors (Lipinski definition) is 6. The number of fused-ring (bicyclic) bond motifs is 1. The Morgan fingerprint density at radius 3 is 2.74 bits per heavy atom. The van der Waals surface area contributed by atoms with E-state index in [2.05, 4.69) is 39.0 Å². The molecule has 2 fully saturated rings. The molecule has 1 aromatic carbocycles. The van der Waals surface area contributed by atoms with Gasteiger partial charge in [-0.25, -0.2) is 4.98 Å². The van der Waals surface area contributed by atoms with Gasteiger partial charge in [-0.2, -0.15) is 0 Å². The quantitative estimate of drug-likeness (QED) is 0.593. The minimum Gasteiger partial charge on any atom is -0.378 e. The topological polar surface area (TPSA) is 58.6 Å². The van der Waals surface area contributed by atoms with Gasteiger partial charge in [0.1, 0.15) is 11.5 Å². The molecule has 6 heteroatoms. The number of rotatable bonds is 5. The molecule has 0 amide bonds. The lowest BCUT2D eigenvalue weighted by Gasteiger charge is -2.34. The van der Waals surface area contributed by atoms with E-state index in [1.165, 1.54) is 5.56 Å². The number of likely N-dealkylation sites (tertiary alicyclic amines) is 1. The van der Waals surface area contributed by atoms with Crippen molar-refractivity contribution >= 4 is 22.5 Å². The molecule has 31 heavy (non-hydrogen) atoms. The molecule has 0 radical (unpaired) electrons. The van der Waals surface area contributed by atoms with E-state index >= 15 is 0 Å². The molecule has 1 atom stereocenters. The fourth-order valence-electron chi connectivity index (χ4n) is 4.69. The number of hydrogen-bond donors (Lipinski definition) is 0. The lowest BCUT2D eigenvalue weighted by atomic mass is 9.91. The Morgan fingerprint density at radius 1 is 1.06 bits per heavy atom. The van der Waals surface area contributed by atoms with E-state index in [-0.39, 0.29) is 11.7 Å². The molecule has 2 aliphatic heterocycles. The molecule has 0 saturated carbocycles. The van der Waals surface area contributed by atoms with Crippen molar-refractivity contribution in [3.63, 3.8) is 0 Å². The first kappa shape index (κ1) is 20.1. The number of piperidine rings is 1. The number of nitrogens with zero attached hydrogens (tertiary/aromatic N) is 4. The second-order valence-electron chi connectivity index (χ2n) is 8.42. The highest BCUT2D eigenvalue weighted by Gasteiger charge is 2.28. The molecule has 1 unspecified atom stereocenters. The molecule has 160 valence electrons. The molecule has 0 bridgehead atoms. The van der Waals surface area contributed by atoms with Crippen LogP contribution < -0.4 is 4.90 Å². The van der Waals surface area contributed by atoms with Gasteiger partial charge in [-0.1, -0.05) is 24.3 Å². The van der Waals surface area contributed by atoms with E-state index in [1.807, 2.05) is 24.3 Å². The summed E-state index contributed by atoms with van der Waals surface area (Å²) in [4.78, 5) is 27.0. The van der Waals surface area contributed by atoms with Crippen LogP contribution in [0.4, 0.5) is 5.82 Å². The maximum absolute atomic E-state index is 13.0. The summed E-state index contributed by atoms with van der Waals surface area (Å²) in [6, 6.07) is 16.1. The van der Waals surface area contributed by atoms with Crippen LogP contribution in [0.15, 0.2) is 54.7 Å². The summed E-state index contributed by atoms with van der Waals surface area (Å²) in [6.07, 6.45) is 3.65. The lowest BCUT2D eigenvalue weighted by molar-refractivity contribution is 0.0806. The zero-order chi connectivity index (χ0) is 21.0. The molecule has 5 rings (SSSR count). The van der Waals surface area contributed by atoms with Gasteiger partial charge in [0.15, 0.2) is 5.78 Å². The molecule has 2 aromatic heterocycles. The van der Waals surface area contributed by atoms with Crippen LogP contribution in [0.2, 0.25) is 0 Å². The van der Waals surface area contributed by atoms with E-state index in [9.17, 15) is 4.79 Å². The molecule has 0 aliphatic carbocycles. The monoisotopic (exact) mass is 416 g/mol. The average molecular weight is 417 g/mol. The van der Waals surface area contributed by atoms with Crippen molar-refractivity contribution in [2.24, 2.45) is 5.92 Å².